The van der Waals surface area contributed by atoms with Crippen LogP contribution in [0.4, 0.5) is 16.2 Å². The van der Waals surface area contributed by atoms with Crippen molar-refractivity contribution in [1.82, 2.24) is 14.7 Å². The fourth-order valence-electron chi connectivity index (χ4n) is 3.54. The highest BCUT2D eigenvalue weighted by atomic mass is 16.5. The van der Waals surface area contributed by atoms with E-state index in [1.807, 2.05) is 17.0 Å². The summed E-state index contributed by atoms with van der Waals surface area (Å²) >= 11 is 0. The Morgan fingerprint density at radius 1 is 1.24 bits per heavy atom. The molecule has 0 unspecified atom stereocenters. The molecule has 1 saturated carbocycles. The fourth-order valence-corrected chi connectivity index (χ4v) is 3.54. The van der Waals surface area contributed by atoms with Gasteiger partial charge in [-0.25, -0.2) is 4.79 Å². The molecular formula is C21H27N5O3. The third-order valence-electron chi connectivity index (χ3n) is 5.41. The molecule has 1 aliphatic heterocycles. The molecule has 2 atom stereocenters. The fraction of sp³-hybridized carbons (Fsp3) is 0.476. The predicted molar refractivity (Wildman–Crippen MR) is 110 cm³/mol. The minimum absolute atomic E-state index is 0.0900. The Kier molecular flexibility index (Phi) is 5.80. The molecular weight excluding hydrogens is 370 g/mol. The molecule has 2 fully saturated rings. The highest BCUT2D eigenvalue weighted by Gasteiger charge is 2.34. The Bertz CT molecular complexity index is 844. The molecule has 1 saturated heterocycles. The molecule has 0 radical (unpaired) electrons. The summed E-state index contributed by atoms with van der Waals surface area (Å²) in [6.07, 6.45) is 6.52. The minimum Gasteiger partial charge on any atom is -0.381 e. The minimum atomic E-state index is -0.428. The molecule has 8 nitrogen and oxygen atoms in total. The first-order valence-corrected chi connectivity index (χ1v) is 10.2. The molecule has 2 aliphatic rings. The first-order valence-electron chi connectivity index (χ1n) is 10.2. The summed E-state index contributed by atoms with van der Waals surface area (Å²) in [6.45, 7) is 4.03. The SMILES string of the molecule is C[C@H](C(=O)Nc1cccc(NC(=O)N(C[C@@H]2CCOC2)C2CC2)c1)n1cccn1. The molecule has 2 aromatic rings. The lowest BCUT2D eigenvalue weighted by atomic mass is 10.1. The number of nitrogens with one attached hydrogen (secondary N) is 2. The first kappa shape index (κ1) is 19.4. The number of ether oxygens (including phenoxy) is 1. The quantitative estimate of drug-likeness (QED) is 0.751. The van der Waals surface area contributed by atoms with Crippen molar-refractivity contribution in [3.63, 3.8) is 0 Å². The lowest BCUT2D eigenvalue weighted by Gasteiger charge is -2.25. The van der Waals surface area contributed by atoms with E-state index in [1.54, 1.807) is 42.2 Å². The third kappa shape index (κ3) is 4.95. The van der Waals surface area contributed by atoms with E-state index in [0.29, 0.717) is 23.3 Å². The van der Waals surface area contributed by atoms with E-state index >= 15 is 0 Å². The van der Waals surface area contributed by atoms with E-state index in [2.05, 4.69) is 15.7 Å². The number of hydrogen-bond donors (Lipinski definition) is 2. The van der Waals surface area contributed by atoms with Gasteiger partial charge in [-0.3, -0.25) is 9.48 Å². The molecule has 0 spiro atoms. The molecule has 1 aliphatic carbocycles. The van der Waals surface area contributed by atoms with Gasteiger partial charge in [-0.15, -0.1) is 0 Å². The van der Waals surface area contributed by atoms with Crippen LogP contribution in [0.5, 0.6) is 0 Å². The second-order valence-electron chi connectivity index (χ2n) is 7.78. The molecule has 8 heteroatoms. The Balaban J connectivity index is 1.37. The van der Waals surface area contributed by atoms with Gasteiger partial charge in [0.1, 0.15) is 6.04 Å². The molecule has 2 heterocycles. The van der Waals surface area contributed by atoms with Gasteiger partial charge in [0, 0.05) is 48.9 Å². The topological polar surface area (TPSA) is 88.5 Å². The van der Waals surface area contributed by atoms with Crippen LogP contribution in [0.15, 0.2) is 42.7 Å². The normalized spacial score (nSPS) is 19.6. The zero-order chi connectivity index (χ0) is 20.2. The molecule has 29 heavy (non-hydrogen) atoms. The Hall–Kier alpha value is -2.87. The van der Waals surface area contributed by atoms with Gasteiger partial charge in [-0.2, -0.15) is 5.10 Å². The molecule has 4 rings (SSSR count). The number of urea groups is 1. The van der Waals surface area contributed by atoms with E-state index in [0.717, 1.165) is 39.0 Å². The molecule has 1 aromatic heterocycles. The van der Waals surface area contributed by atoms with E-state index in [4.69, 9.17) is 4.74 Å². The van der Waals surface area contributed by atoms with E-state index < -0.39 is 6.04 Å². The summed E-state index contributed by atoms with van der Waals surface area (Å²) in [4.78, 5) is 27.3. The van der Waals surface area contributed by atoms with Crippen LogP contribution in [-0.4, -0.2) is 52.4 Å². The van der Waals surface area contributed by atoms with Gasteiger partial charge in [-0.05, 0) is 50.5 Å². The number of hydrogen-bond acceptors (Lipinski definition) is 4. The van der Waals surface area contributed by atoms with Crippen molar-refractivity contribution in [2.24, 2.45) is 5.92 Å². The van der Waals surface area contributed by atoms with Crippen LogP contribution in [0.3, 0.4) is 0 Å². The van der Waals surface area contributed by atoms with Crippen LogP contribution in [-0.2, 0) is 9.53 Å². The number of rotatable bonds is 7. The molecule has 3 amide bonds. The van der Waals surface area contributed by atoms with Gasteiger partial charge in [0.05, 0.1) is 6.61 Å². The number of aromatic nitrogens is 2. The van der Waals surface area contributed by atoms with Crippen LogP contribution < -0.4 is 10.6 Å². The third-order valence-corrected chi connectivity index (χ3v) is 5.41. The smallest absolute Gasteiger partial charge is 0.322 e. The van der Waals surface area contributed by atoms with E-state index in [9.17, 15) is 9.59 Å². The maximum atomic E-state index is 12.9. The van der Waals surface area contributed by atoms with Crippen LogP contribution in [0, 0.1) is 5.92 Å². The zero-order valence-corrected chi connectivity index (χ0v) is 16.6. The average Bonchev–Trinajstić information content (AvgIpc) is 3.18. The zero-order valence-electron chi connectivity index (χ0n) is 16.6. The number of amides is 3. The summed E-state index contributed by atoms with van der Waals surface area (Å²) in [5, 5.41) is 9.97. The van der Waals surface area contributed by atoms with Gasteiger partial charge in [-0.1, -0.05) is 6.07 Å². The van der Waals surface area contributed by atoms with Crippen molar-refractivity contribution in [1.29, 1.82) is 0 Å². The van der Waals surface area contributed by atoms with E-state index in [1.165, 1.54) is 0 Å². The maximum absolute atomic E-state index is 12.9. The summed E-state index contributed by atoms with van der Waals surface area (Å²) < 4.78 is 7.05. The lowest BCUT2D eigenvalue weighted by Crippen LogP contribution is -2.40. The average molecular weight is 397 g/mol. The standard InChI is InChI=1S/C21H27N5O3/c1-15(26-10-3-9-22-26)20(27)23-17-4-2-5-18(12-17)24-21(28)25(19-6-7-19)13-16-8-11-29-14-16/h2-5,9-10,12,15-16,19H,6-8,11,13-14H2,1H3,(H,23,27)(H,24,28)/t15-,16+/m1/s1. The van der Waals surface area contributed by atoms with Crippen LogP contribution in [0.1, 0.15) is 32.2 Å². The molecule has 154 valence electrons. The second-order valence-corrected chi connectivity index (χ2v) is 7.78. The van der Waals surface area contributed by atoms with Crippen molar-refractivity contribution in [2.45, 2.75) is 38.3 Å². The number of carbonyl (C=O) groups excluding carboxylic acids is 2. The lowest BCUT2D eigenvalue weighted by molar-refractivity contribution is -0.119. The van der Waals surface area contributed by atoms with Crippen LogP contribution in [0.2, 0.25) is 0 Å². The van der Waals surface area contributed by atoms with Crippen LogP contribution in [0.25, 0.3) is 0 Å². The number of carbonyl (C=O) groups is 2. The van der Waals surface area contributed by atoms with Gasteiger partial charge in [0.25, 0.3) is 0 Å². The van der Waals surface area contributed by atoms with Crippen molar-refractivity contribution < 1.29 is 14.3 Å². The summed E-state index contributed by atoms with van der Waals surface area (Å²) in [5.74, 6) is 0.244. The van der Waals surface area contributed by atoms with Crippen LogP contribution >= 0.6 is 0 Å². The van der Waals surface area contributed by atoms with Crippen molar-refractivity contribution in [3.05, 3.63) is 42.7 Å². The van der Waals surface area contributed by atoms with Crippen molar-refractivity contribution in [2.75, 3.05) is 30.4 Å². The second kappa shape index (κ2) is 8.65. The highest BCUT2D eigenvalue weighted by molar-refractivity contribution is 5.95. The van der Waals surface area contributed by atoms with E-state index in [-0.39, 0.29) is 11.9 Å². The number of anilines is 2. The van der Waals surface area contributed by atoms with Gasteiger partial charge in [0.15, 0.2) is 0 Å². The Labute approximate surface area is 170 Å². The van der Waals surface area contributed by atoms with Crippen molar-refractivity contribution in [3.8, 4) is 0 Å². The first-order chi connectivity index (χ1) is 14.1. The maximum Gasteiger partial charge on any atom is 0.322 e. The summed E-state index contributed by atoms with van der Waals surface area (Å²) in [5.41, 5.74) is 1.29. The van der Waals surface area contributed by atoms with Gasteiger partial charge in [0.2, 0.25) is 5.91 Å². The van der Waals surface area contributed by atoms with Gasteiger partial charge >= 0.3 is 6.03 Å². The monoisotopic (exact) mass is 397 g/mol. The Morgan fingerprint density at radius 3 is 2.69 bits per heavy atom. The number of nitrogens with zero attached hydrogens (tertiary/aromatic N) is 3. The Morgan fingerprint density at radius 2 is 2.03 bits per heavy atom. The highest BCUT2D eigenvalue weighted by Crippen LogP contribution is 2.30. The molecule has 1 aromatic carbocycles. The number of benzene rings is 1. The summed E-state index contributed by atoms with van der Waals surface area (Å²) in [6, 6.07) is 8.81. The molecule has 0 bridgehead atoms. The largest absolute Gasteiger partial charge is 0.381 e. The van der Waals surface area contributed by atoms with Gasteiger partial charge < -0.3 is 20.3 Å². The molecule has 2 N–H and O–H groups in total. The predicted octanol–water partition coefficient (Wildman–Crippen LogP) is 3.12. The summed E-state index contributed by atoms with van der Waals surface area (Å²) in [7, 11) is 0. The van der Waals surface area contributed by atoms with Crippen molar-refractivity contribution >= 4 is 23.3 Å².